The van der Waals surface area contributed by atoms with Crippen molar-refractivity contribution in [2.45, 2.75) is 77.1 Å². The van der Waals surface area contributed by atoms with E-state index in [1.54, 1.807) is 6.08 Å². The molecule has 2 heterocycles. The topological polar surface area (TPSA) is 72.8 Å². The molecule has 2 saturated carbocycles. The number of allylic oxidation sites excluding steroid dienone is 4. The number of hydrogen-bond donors (Lipinski definition) is 1. The van der Waals surface area contributed by atoms with Crippen molar-refractivity contribution in [3.8, 4) is 0 Å². The molecule has 10 atom stereocenters. The number of rotatable bonds is 1. The van der Waals surface area contributed by atoms with E-state index < -0.39 is 17.1 Å². The van der Waals surface area contributed by atoms with Crippen LogP contribution in [-0.4, -0.2) is 41.3 Å². The molecule has 6 rings (SSSR count). The summed E-state index contributed by atoms with van der Waals surface area (Å²) in [5.41, 5.74) is 0.277. The van der Waals surface area contributed by atoms with Crippen LogP contribution in [0, 0.1) is 40.4 Å². The quantitative estimate of drug-likeness (QED) is 0.367. The number of fused-ring (bicyclic) bond motifs is 7. The molecule has 4 aliphatic carbocycles. The zero-order chi connectivity index (χ0) is 23.3. The highest BCUT2D eigenvalue weighted by molar-refractivity contribution is 5.98. The van der Waals surface area contributed by atoms with Gasteiger partial charge in [-0.2, -0.15) is 0 Å². The average molecular weight is 453 g/mol. The molecule has 0 aromatic heterocycles. The molecule has 33 heavy (non-hydrogen) atoms. The van der Waals surface area contributed by atoms with Gasteiger partial charge in [-0.05, 0) is 81.1 Å². The van der Waals surface area contributed by atoms with E-state index in [1.165, 1.54) is 5.57 Å². The molecule has 178 valence electrons. The molecule has 5 nitrogen and oxygen atoms in total. The van der Waals surface area contributed by atoms with Crippen LogP contribution in [0.3, 0.4) is 0 Å². The molecule has 4 fully saturated rings. The first-order valence-electron chi connectivity index (χ1n) is 12.7. The fourth-order valence-electron chi connectivity index (χ4n) is 8.99. The van der Waals surface area contributed by atoms with Crippen LogP contribution in [-0.2, 0) is 19.1 Å². The maximum absolute atomic E-state index is 13.1. The highest BCUT2D eigenvalue weighted by atomic mass is 16.6. The Bertz CT molecular complexity index is 994. The summed E-state index contributed by atoms with van der Waals surface area (Å²) in [6.07, 6.45) is 10.6. The van der Waals surface area contributed by atoms with Gasteiger partial charge in [-0.15, -0.1) is 0 Å². The van der Waals surface area contributed by atoms with Crippen molar-refractivity contribution in [1.82, 2.24) is 0 Å². The van der Waals surface area contributed by atoms with Gasteiger partial charge in [-0.1, -0.05) is 31.2 Å². The van der Waals surface area contributed by atoms with Gasteiger partial charge in [-0.3, -0.25) is 4.79 Å². The zero-order valence-electron chi connectivity index (χ0n) is 20.0. The second-order valence-corrected chi connectivity index (χ2v) is 12.1. The number of aliphatic hydroxyl groups excluding tert-OH is 1. The normalized spacial score (nSPS) is 53.0. The van der Waals surface area contributed by atoms with Crippen molar-refractivity contribution < 1.29 is 24.2 Å². The molecule has 0 aromatic carbocycles. The van der Waals surface area contributed by atoms with Gasteiger partial charge in [0.1, 0.15) is 11.7 Å². The van der Waals surface area contributed by atoms with Crippen LogP contribution >= 0.6 is 0 Å². The van der Waals surface area contributed by atoms with Crippen LogP contribution in [0.5, 0.6) is 0 Å². The summed E-state index contributed by atoms with van der Waals surface area (Å²) in [4.78, 5) is 25.6. The SMILES string of the molecule is C=C1C(=O)O[C@@H]2C[C@@]1(C)OC[C@H]2[C@@H]1CC[C@@H]2[C@H]3CC=C4CC=CC(=O)[C@]4(C)[C@@H]3C[C@@H](O)[C@]21C. The van der Waals surface area contributed by atoms with Gasteiger partial charge in [0.25, 0.3) is 0 Å². The molecule has 0 spiro atoms. The van der Waals surface area contributed by atoms with E-state index in [9.17, 15) is 14.7 Å². The molecule has 0 unspecified atom stereocenters. The number of carbonyl (C=O) groups excluding carboxylic acids is 2. The van der Waals surface area contributed by atoms with Gasteiger partial charge in [0, 0.05) is 12.3 Å². The van der Waals surface area contributed by atoms with Crippen molar-refractivity contribution in [2.24, 2.45) is 40.4 Å². The Labute approximate surface area is 196 Å². The molecule has 0 aromatic rings. The highest BCUT2D eigenvalue weighted by Crippen LogP contribution is 2.67. The van der Waals surface area contributed by atoms with Crippen LogP contribution in [0.1, 0.15) is 59.3 Å². The first kappa shape index (κ1) is 21.8. The molecule has 1 N–H and O–H groups in total. The predicted octanol–water partition coefficient (Wildman–Crippen LogP) is 4.16. The number of ether oxygens (including phenoxy) is 2. The summed E-state index contributed by atoms with van der Waals surface area (Å²) in [7, 11) is 0. The largest absolute Gasteiger partial charge is 0.458 e. The van der Waals surface area contributed by atoms with Crippen molar-refractivity contribution in [2.75, 3.05) is 6.61 Å². The minimum absolute atomic E-state index is 0.0841. The van der Waals surface area contributed by atoms with E-state index in [4.69, 9.17) is 9.47 Å². The predicted molar refractivity (Wildman–Crippen MR) is 123 cm³/mol. The fraction of sp³-hybridized carbons (Fsp3) is 0.714. The maximum atomic E-state index is 13.1. The summed E-state index contributed by atoms with van der Waals surface area (Å²) >= 11 is 0. The smallest absolute Gasteiger partial charge is 0.336 e. The third kappa shape index (κ3) is 2.67. The van der Waals surface area contributed by atoms with Crippen LogP contribution < -0.4 is 0 Å². The molecular formula is C28H36O5. The summed E-state index contributed by atoms with van der Waals surface area (Å²) in [5, 5.41) is 11.7. The zero-order valence-corrected chi connectivity index (χ0v) is 20.0. The molecule has 2 bridgehead atoms. The van der Waals surface area contributed by atoms with Gasteiger partial charge >= 0.3 is 5.97 Å². The van der Waals surface area contributed by atoms with Gasteiger partial charge < -0.3 is 14.6 Å². The second kappa shape index (κ2) is 6.91. The van der Waals surface area contributed by atoms with Gasteiger partial charge in [-0.25, -0.2) is 4.79 Å². The van der Waals surface area contributed by atoms with E-state index in [-0.39, 0.29) is 41.0 Å². The lowest BCUT2D eigenvalue weighted by molar-refractivity contribution is -0.208. The first-order chi connectivity index (χ1) is 15.6. The fourth-order valence-corrected chi connectivity index (χ4v) is 8.99. The molecule has 0 radical (unpaired) electrons. The minimum Gasteiger partial charge on any atom is -0.458 e. The third-order valence-corrected chi connectivity index (χ3v) is 11.1. The highest BCUT2D eigenvalue weighted by Gasteiger charge is 2.65. The number of aliphatic hydroxyl groups is 1. The molecular weight excluding hydrogens is 416 g/mol. The van der Waals surface area contributed by atoms with E-state index >= 15 is 0 Å². The first-order valence-corrected chi connectivity index (χ1v) is 12.7. The van der Waals surface area contributed by atoms with E-state index in [1.807, 2.05) is 13.0 Å². The Hall–Kier alpha value is -1.72. The van der Waals surface area contributed by atoms with Gasteiger partial charge in [0.05, 0.1) is 23.7 Å². The molecule has 2 aliphatic heterocycles. The Morgan fingerprint density at radius 1 is 1.09 bits per heavy atom. The summed E-state index contributed by atoms with van der Waals surface area (Å²) in [6.45, 7) is 10.8. The van der Waals surface area contributed by atoms with Crippen molar-refractivity contribution in [3.63, 3.8) is 0 Å². The lowest BCUT2D eigenvalue weighted by atomic mass is 9.46. The third-order valence-electron chi connectivity index (χ3n) is 11.1. The molecule has 5 heteroatoms. The van der Waals surface area contributed by atoms with Crippen LogP contribution in [0.25, 0.3) is 0 Å². The number of esters is 1. The van der Waals surface area contributed by atoms with E-state index in [2.05, 4.69) is 26.5 Å². The van der Waals surface area contributed by atoms with Gasteiger partial charge in [0.2, 0.25) is 0 Å². The summed E-state index contributed by atoms with van der Waals surface area (Å²) in [6, 6.07) is 0. The van der Waals surface area contributed by atoms with Crippen LogP contribution in [0.2, 0.25) is 0 Å². The van der Waals surface area contributed by atoms with Crippen LogP contribution in [0.15, 0.2) is 36.0 Å². The minimum atomic E-state index is -0.639. The number of hydrogen-bond acceptors (Lipinski definition) is 5. The summed E-state index contributed by atoms with van der Waals surface area (Å²) < 4.78 is 12.1. The van der Waals surface area contributed by atoms with Gasteiger partial charge in [0.15, 0.2) is 5.78 Å². The lowest BCUT2D eigenvalue weighted by Gasteiger charge is -2.59. The molecule has 2 saturated heterocycles. The van der Waals surface area contributed by atoms with Crippen molar-refractivity contribution in [3.05, 3.63) is 36.0 Å². The maximum Gasteiger partial charge on any atom is 0.336 e. The number of ketones is 1. The Balaban J connectivity index is 1.32. The standard InChI is InChI=1S/C28H36O5/c1-15-25(31)33-22-13-26(15,2)32-14-18(22)20-11-10-19-17-9-8-16-6-5-7-23(29)27(16,3)21(17)12-24(30)28(19,20)4/h5,7-8,17-22,24,30H,1,6,9-14H2,2-4H3/t17-,18+,19-,20+,21-,22-,24-,26-,27+,28-/m1/s1. The lowest BCUT2D eigenvalue weighted by Crippen LogP contribution is -2.61. The number of carbonyl (C=O) groups is 2. The van der Waals surface area contributed by atoms with Crippen molar-refractivity contribution in [1.29, 1.82) is 0 Å². The van der Waals surface area contributed by atoms with Crippen LogP contribution in [0.4, 0.5) is 0 Å². The van der Waals surface area contributed by atoms with E-state index in [0.717, 1.165) is 25.7 Å². The van der Waals surface area contributed by atoms with E-state index in [0.29, 0.717) is 36.9 Å². The Morgan fingerprint density at radius 2 is 1.82 bits per heavy atom. The monoisotopic (exact) mass is 452 g/mol. The molecule has 0 amide bonds. The average Bonchev–Trinajstić information content (AvgIpc) is 3.13. The summed E-state index contributed by atoms with van der Waals surface area (Å²) in [5.74, 6) is 1.11. The molecule has 6 aliphatic rings. The second-order valence-electron chi connectivity index (χ2n) is 12.1. The Kier molecular flexibility index (Phi) is 4.56. The van der Waals surface area contributed by atoms with Crippen molar-refractivity contribution >= 4 is 11.8 Å². The Morgan fingerprint density at radius 3 is 2.58 bits per heavy atom.